The summed E-state index contributed by atoms with van der Waals surface area (Å²) in [5, 5.41) is 3.54. The molecule has 3 nitrogen and oxygen atoms in total. The number of hydrogen-bond donors (Lipinski definition) is 1. The maximum Gasteiger partial charge on any atom is 0.163 e. The molecule has 2 aromatic heterocycles. The third-order valence-electron chi connectivity index (χ3n) is 5.36. The van der Waals surface area contributed by atoms with Crippen LogP contribution in [-0.2, 0) is 6.67 Å². The Labute approximate surface area is 201 Å². The molecule has 4 rings (SSSR count). The smallest absolute Gasteiger partial charge is 0.163 e. The van der Waals surface area contributed by atoms with Gasteiger partial charge in [-0.05, 0) is 49.0 Å². The number of thiazole rings is 2. The van der Waals surface area contributed by atoms with Gasteiger partial charge in [-0.3, -0.25) is 0 Å². The van der Waals surface area contributed by atoms with Crippen molar-refractivity contribution in [2.45, 2.75) is 62.9 Å². The second-order valence-corrected chi connectivity index (χ2v) is 11.8. The van der Waals surface area contributed by atoms with Gasteiger partial charge in [-0.15, -0.1) is 22.7 Å². The van der Waals surface area contributed by atoms with E-state index < -0.39 is 0 Å². The molecule has 0 aliphatic carbocycles. The molecule has 0 unspecified atom stereocenters. The van der Waals surface area contributed by atoms with Crippen molar-refractivity contribution in [1.29, 1.82) is 0 Å². The predicted molar refractivity (Wildman–Crippen MR) is 143 cm³/mol. The number of thioether (sulfide) groups is 1. The summed E-state index contributed by atoms with van der Waals surface area (Å²) in [5.41, 5.74) is 3.39. The van der Waals surface area contributed by atoms with Gasteiger partial charge < -0.3 is 9.88 Å². The molecule has 4 aromatic rings. The molecular formula is C24H29N3S4. The van der Waals surface area contributed by atoms with Crippen molar-refractivity contribution in [3.8, 4) is 0 Å². The molecule has 0 amide bonds. The van der Waals surface area contributed by atoms with Gasteiger partial charge in [0.2, 0.25) is 0 Å². The fourth-order valence-electron chi connectivity index (χ4n) is 3.63. The second kappa shape index (κ2) is 11.5. The van der Waals surface area contributed by atoms with E-state index in [2.05, 4.69) is 59.3 Å². The molecular weight excluding hydrogens is 459 g/mol. The Kier molecular flexibility index (Phi) is 8.41. The van der Waals surface area contributed by atoms with E-state index >= 15 is 0 Å². The minimum atomic E-state index is 0.674. The SMILES string of the molecule is CCCCCCCCCSc1nc2ccc(NCn3c(=S)sc4ccccc43)cc2s1. The number of rotatable bonds is 12. The van der Waals surface area contributed by atoms with Crippen LogP contribution >= 0.6 is 46.7 Å². The van der Waals surface area contributed by atoms with Gasteiger partial charge in [0.1, 0.15) is 0 Å². The van der Waals surface area contributed by atoms with Crippen molar-refractivity contribution in [3.05, 3.63) is 46.4 Å². The Morgan fingerprint density at radius 3 is 2.65 bits per heavy atom. The van der Waals surface area contributed by atoms with E-state index in [4.69, 9.17) is 17.2 Å². The van der Waals surface area contributed by atoms with Gasteiger partial charge in [-0.1, -0.05) is 69.3 Å². The summed E-state index contributed by atoms with van der Waals surface area (Å²) < 4.78 is 6.72. The van der Waals surface area contributed by atoms with Gasteiger partial charge in [0.05, 0.1) is 27.1 Å². The highest BCUT2D eigenvalue weighted by molar-refractivity contribution is 8.01. The van der Waals surface area contributed by atoms with E-state index in [1.165, 1.54) is 70.0 Å². The Morgan fingerprint density at radius 2 is 1.77 bits per heavy atom. The van der Waals surface area contributed by atoms with Crippen LogP contribution in [0.25, 0.3) is 20.4 Å². The lowest BCUT2D eigenvalue weighted by Gasteiger charge is -2.08. The summed E-state index contributed by atoms with van der Waals surface area (Å²) in [6.45, 7) is 2.95. The molecule has 2 heterocycles. The van der Waals surface area contributed by atoms with Crippen LogP contribution in [0.1, 0.15) is 51.9 Å². The van der Waals surface area contributed by atoms with Crippen molar-refractivity contribution in [1.82, 2.24) is 9.55 Å². The van der Waals surface area contributed by atoms with E-state index in [-0.39, 0.29) is 0 Å². The number of para-hydroxylation sites is 1. The number of benzene rings is 2. The van der Waals surface area contributed by atoms with Crippen molar-refractivity contribution in [2.75, 3.05) is 11.1 Å². The molecule has 0 bridgehead atoms. The number of nitrogens with one attached hydrogen (secondary N) is 1. The molecule has 0 radical (unpaired) electrons. The lowest BCUT2D eigenvalue weighted by atomic mass is 10.1. The quantitative estimate of drug-likeness (QED) is 0.123. The first-order valence-corrected chi connectivity index (χ1v) is 14.1. The largest absolute Gasteiger partial charge is 0.367 e. The standard InChI is InChI=1S/C24H29N3S4/c1-2-3-4-5-6-7-10-15-29-23-26-19-14-13-18(16-22(19)30-23)25-17-27-20-11-8-9-12-21(20)31-24(27)28/h8-9,11-14,16,25H,2-7,10,15,17H2,1H3. The first-order valence-electron chi connectivity index (χ1n) is 11.1. The summed E-state index contributed by atoms with van der Waals surface area (Å²) in [7, 11) is 0. The van der Waals surface area contributed by atoms with Gasteiger partial charge in [-0.2, -0.15) is 0 Å². The molecule has 1 N–H and O–H groups in total. The number of anilines is 1. The minimum Gasteiger partial charge on any atom is -0.367 e. The molecule has 0 fully saturated rings. The zero-order valence-electron chi connectivity index (χ0n) is 17.9. The van der Waals surface area contributed by atoms with Crippen LogP contribution in [0.15, 0.2) is 46.8 Å². The van der Waals surface area contributed by atoms with Gasteiger partial charge in [0.25, 0.3) is 0 Å². The summed E-state index contributed by atoms with van der Waals surface area (Å²) in [5.74, 6) is 1.17. The highest BCUT2D eigenvalue weighted by Gasteiger charge is 2.07. The van der Waals surface area contributed by atoms with Crippen LogP contribution in [0.4, 0.5) is 5.69 Å². The molecule has 0 saturated carbocycles. The average Bonchev–Trinajstić information content (AvgIpc) is 3.33. The van der Waals surface area contributed by atoms with Gasteiger partial charge in [0, 0.05) is 11.4 Å². The summed E-state index contributed by atoms with van der Waals surface area (Å²) in [4.78, 5) is 4.81. The van der Waals surface area contributed by atoms with Crippen LogP contribution in [0.5, 0.6) is 0 Å². The zero-order valence-corrected chi connectivity index (χ0v) is 21.2. The first kappa shape index (κ1) is 22.8. The molecule has 2 aromatic carbocycles. The average molecular weight is 488 g/mol. The maximum absolute atomic E-state index is 5.56. The van der Waals surface area contributed by atoms with Gasteiger partial charge >= 0.3 is 0 Å². The molecule has 7 heteroatoms. The fourth-order valence-corrected chi connectivity index (χ4v) is 7.13. The van der Waals surface area contributed by atoms with E-state index in [1.54, 1.807) is 22.7 Å². The van der Waals surface area contributed by atoms with Crippen LogP contribution in [0, 0.1) is 3.95 Å². The molecule has 0 aliphatic heterocycles. The Bertz CT molecular complexity index is 1170. The number of unbranched alkanes of at least 4 members (excludes halogenated alkanes) is 6. The zero-order chi connectivity index (χ0) is 21.5. The van der Waals surface area contributed by atoms with E-state index in [1.807, 2.05) is 11.8 Å². The third-order valence-corrected chi connectivity index (χ3v) is 9.04. The Balaban J connectivity index is 1.30. The highest BCUT2D eigenvalue weighted by atomic mass is 32.2. The number of fused-ring (bicyclic) bond motifs is 2. The topological polar surface area (TPSA) is 29.9 Å². The Morgan fingerprint density at radius 1 is 0.968 bits per heavy atom. The van der Waals surface area contributed by atoms with Crippen LogP contribution in [0.3, 0.4) is 0 Å². The monoisotopic (exact) mass is 487 g/mol. The third kappa shape index (κ3) is 6.09. The first-order chi connectivity index (χ1) is 15.2. The van der Waals surface area contributed by atoms with Gasteiger partial charge in [-0.25, -0.2) is 4.98 Å². The molecule has 0 spiro atoms. The molecule has 0 saturated heterocycles. The lowest BCUT2D eigenvalue weighted by Crippen LogP contribution is -2.07. The number of aromatic nitrogens is 2. The molecule has 164 valence electrons. The van der Waals surface area contributed by atoms with Crippen LogP contribution in [0.2, 0.25) is 0 Å². The summed E-state index contributed by atoms with van der Waals surface area (Å²) in [6.07, 6.45) is 9.50. The van der Waals surface area contributed by atoms with Crippen molar-refractivity contribution in [2.24, 2.45) is 0 Å². The molecule has 31 heavy (non-hydrogen) atoms. The highest BCUT2D eigenvalue weighted by Crippen LogP contribution is 2.32. The molecule has 0 aliphatic rings. The van der Waals surface area contributed by atoms with E-state index in [0.717, 1.165) is 15.2 Å². The minimum absolute atomic E-state index is 0.674. The van der Waals surface area contributed by atoms with E-state index in [9.17, 15) is 0 Å². The van der Waals surface area contributed by atoms with Crippen molar-refractivity contribution < 1.29 is 0 Å². The lowest BCUT2D eigenvalue weighted by molar-refractivity contribution is 0.603. The van der Waals surface area contributed by atoms with E-state index in [0.29, 0.717) is 6.67 Å². The normalized spacial score (nSPS) is 11.5. The van der Waals surface area contributed by atoms with Crippen LogP contribution in [-0.4, -0.2) is 15.3 Å². The van der Waals surface area contributed by atoms with Crippen molar-refractivity contribution in [3.63, 3.8) is 0 Å². The number of nitrogens with zero attached hydrogens (tertiary/aromatic N) is 2. The fraction of sp³-hybridized carbons (Fsp3) is 0.417. The maximum atomic E-state index is 5.56. The second-order valence-electron chi connectivity index (χ2n) is 7.73. The molecule has 0 atom stereocenters. The predicted octanol–water partition coefficient (Wildman–Crippen LogP) is 8.95. The number of hydrogen-bond acceptors (Lipinski definition) is 6. The Hall–Kier alpha value is -1.41. The summed E-state index contributed by atoms with van der Waals surface area (Å²) in [6, 6.07) is 14.8. The van der Waals surface area contributed by atoms with Crippen LogP contribution < -0.4 is 5.32 Å². The summed E-state index contributed by atoms with van der Waals surface area (Å²) >= 11 is 10.9. The van der Waals surface area contributed by atoms with Crippen molar-refractivity contribution >= 4 is 72.8 Å². The van der Waals surface area contributed by atoms with Gasteiger partial charge in [0.15, 0.2) is 8.29 Å².